The monoisotopic (exact) mass is 351 g/mol. The summed E-state index contributed by atoms with van der Waals surface area (Å²) in [7, 11) is 0. The number of hydrogen-bond acceptors (Lipinski definition) is 5. The third kappa shape index (κ3) is 3.38. The van der Waals surface area contributed by atoms with Crippen LogP contribution < -0.4 is 5.56 Å². The Hall–Kier alpha value is -2.57. The largest absolute Gasteiger partial charge is 0.389 e. The number of rotatable bonds is 5. The number of pyridine rings is 1. The van der Waals surface area contributed by atoms with Crippen molar-refractivity contribution < 1.29 is 9.84 Å². The Balaban J connectivity index is 1.43. The third-order valence-corrected chi connectivity index (χ3v) is 4.81. The van der Waals surface area contributed by atoms with Gasteiger partial charge in [0.05, 0.1) is 42.5 Å². The minimum Gasteiger partial charge on any atom is -0.389 e. The van der Waals surface area contributed by atoms with Crippen molar-refractivity contribution in [2.75, 3.05) is 6.61 Å². The fraction of sp³-hybridized carbons (Fsp3) is 0.350. The van der Waals surface area contributed by atoms with Crippen molar-refractivity contribution in [3.63, 3.8) is 0 Å². The summed E-state index contributed by atoms with van der Waals surface area (Å²) >= 11 is 0. The van der Waals surface area contributed by atoms with Crippen LogP contribution in [0.3, 0.4) is 0 Å². The molecule has 0 radical (unpaired) electrons. The molecule has 0 unspecified atom stereocenters. The van der Waals surface area contributed by atoms with Crippen LogP contribution in [0.15, 0.2) is 53.6 Å². The second-order valence-electron chi connectivity index (χ2n) is 6.63. The second-order valence-corrected chi connectivity index (χ2v) is 6.63. The molecule has 2 heterocycles. The zero-order valence-electron chi connectivity index (χ0n) is 14.4. The predicted molar refractivity (Wildman–Crippen MR) is 97.9 cm³/mol. The lowest BCUT2D eigenvalue weighted by atomic mass is 9.89. The summed E-state index contributed by atoms with van der Waals surface area (Å²) in [5.74, 6) is 0. The zero-order valence-corrected chi connectivity index (χ0v) is 14.4. The molecule has 4 rings (SSSR count). The molecule has 134 valence electrons. The molecule has 2 atom stereocenters. The predicted octanol–water partition coefficient (Wildman–Crippen LogP) is 2.25. The number of aryl methyl sites for hydroxylation is 1. The molecular formula is C20H21N3O3. The van der Waals surface area contributed by atoms with E-state index in [1.54, 1.807) is 24.5 Å². The number of nitrogens with zero attached hydrogens (tertiary/aromatic N) is 3. The van der Waals surface area contributed by atoms with Gasteiger partial charge < -0.3 is 9.84 Å². The van der Waals surface area contributed by atoms with Crippen LogP contribution in [-0.4, -0.2) is 32.6 Å². The molecule has 0 amide bonds. The number of benzene rings is 1. The third-order valence-electron chi connectivity index (χ3n) is 4.81. The van der Waals surface area contributed by atoms with Gasteiger partial charge in [0.1, 0.15) is 0 Å². The van der Waals surface area contributed by atoms with Gasteiger partial charge in [-0.2, -0.15) is 5.10 Å². The summed E-state index contributed by atoms with van der Waals surface area (Å²) in [6.07, 6.45) is 5.46. The summed E-state index contributed by atoms with van der Waals surface area (Å²) in [4.78, 5) is 16.6. The Morgan fingerprint density at radius 3 is 3.08 bits per heavy atom. The van der Waals surface area contributed by atoms with Crippen LogP contribution in [0.2, 0.25) is 0 Å². The first-order valence-corrected chi connectivity index (χ1v) is 8.90. The van der Waals surface area contributed by atoms with Gasteiger partial charge in [0, 0.05) is 6.20 Å². The number of hydrogen-bond donors (Lipinski definition) is 1. The summed E-state index contributed by atoms with van der Waals surface area (Å²) in [5, 5.41) is 14.9. The van der Waals surface area contributed by atoms with E-state index in [0.29, 0.717) is 10.9 Å². The summed E-state index contributed by atoms with van der Waals surface area (Å²) in [6.45, 7) is 0.260. The number of aliphatic hydroxyl groups excluding tert-OH is 1. The maximum absolute atomic E-state index is 12.4. The van der Waals surface area contributed by atoms with E-state index in [1.807, 2.05) is 12.1 Å². The van der Waals surface area contributed by atoms with E-state index in [4.69, 9.17) is 4.74 Å². The fourth-order valence-corrected chi connectivity index (χ4v) is 3.51. The highest BCUT2D eigenvalue weighted by molar-refractivity contribution is 5.75. The van der Waals surface area contributed by atoms with Crippen molar-refractivity contribution in [3.05, 3.63) is 70.3 Å². The van der Waals surface area contributed by atoms with E-state index >= 15 is 0 Å². The van der Waals surface area contributed by atoms with Crippen molar-refractivity contribution in [1.82, 2.24) is 14.8 Å². The Kier molecular flexibility index (Phi) is 4.77. The molecule has 0 spiro atoms. The lowest BCUT2D eigenvalue weighted by molar-refractivity contribution is -0.0239. The van der Waals surface area contributed by atoms with Crippen LogP contribution in [0, 0.1) is 0 Å². The fourth-order valence-electron chi connectivity index (χ4n) is 3.51. The van der Waals surface area contributed by atoms with Crippen molar-refractivity contribution in [3.8, 4) is 0 Å². The van der Waals surface area contributed by atoms with E-state index in [9.17, 15) is 9.90 Å². The molecule has 6 nitrogen and oxygen atoms in total. The summed E-state index contributed by atoms with van der Waals surface area (Å²) in [6, 6.07) is 11.7. The van der Waals surface area contributed by atoms with Gasteiger partial charge in [-0.1, -0.05) is 24.3 Å². The van der Waals surface area contributed by atoms with Crippen molar-refractivity contribution in [2.45, 2.75) is 38.0 Å². The quantitative estimate of drug-likeness (QED) is 0.763. The molecule has 2 aromatic heterocycles. The number of fused-ring (bicyclic) bond motifs is 2. The van der Waals surface area contributed by atoms with Gasteiger partial charge in [-0.05, 0) is 42.5 Å². The van der Waals surface area contributed by atoms with Gasteiger partial charge in [-0.25, -0.2) is 4.68 Å². The minimum atomic E-state index is -0.802. The van der Waals surface area contributed by atoms with Crippen molar-refractivity contribution >= 4 is 10.9 Å². The van der Waals surface area contributed by atoms with E-state index in [2.05, 4.69) is 22.2 Å². The van der Waals surface area contributed by atoms with Crippen LogP contribution in [0.5, 0.6) is 0 Å². The van der Waals surface area contributed by atoms with E-state index in [-0.39, 0.29) is 24.8 Å². The highest BCUT2D eigenvalue weighted by Gasteiger charge is 2.21. The summed E-state index contributed by atoms with van der Waals surface area (Å²) < 4.78 is 7.24. The Morgan fingerprint density at radius 2 is 2.15 bits per heavy atom. The van der Waals surface area contributed by atoms with Crippen LogP contribution in [0.1, 0.15) is 30.1 Å². The zero-order chi connectivity index (χ0) is 17.9. The highest BCUT2D eigenvalue weighted by Crippen LogP contribution is 2.32. The maximum atomic E-state index is 12.4. The van der Waals surface area contributed by atoms with Crippen LogP contribution in [-0.2, 0) is 17.7 Å². The molecule has 0 fully saturated rings. The summed E-state index contributed by atoms with van der Waals surface area (Å²) in [5.41, 5.74) is 2.83. The van der Waals surface area contributed by atoms with E-state index in [1.165, 1.54) is 15.8 Å². The SMILES string of the molecule is O=c1c2cccnc2cnn1C[C@@H](O)CO[C@@H]1CCCc2ccccc21. The maximum Gasteiger partial charge on any atom is 0.276 e. The highest BCUT2D eigenvalue weighted by atomic mass is 16.5. The molecule has 6 heteroatoms. The topological polar surface area (TPSA) is 77.2 Å². The molecule has 1 aliphatic carbocycles. The van der Waals surface area contributed by atoms with Gasteiger partial charge in [0.2, 0.25) is 0 Å². The van der Waals surface area contributed by atoms with Crippen molar-refractivity contribution in [1.29, 1.82) is 0 Å². The first-order valence-electron chi connectivity index (χ1n) is 8.90. The molecule has 0 bridgehead atoms. The Bertz CT molecular complexity index is 970. The average Bonchev–Trinajstić information content (AvgIpc) is 2.69. The van der Waals surface area contributed by atoms with Gasteiger partial charge in [-0.15, -0.1) is 0 Å². The first kappa shape index (κ1) is 16.9. The Labute approximate surface area is 151 Å². The lowest BCUT2D eigenvalue weighted by Crippen LogP contribution is -2.31. The number of ether oxygens (including phenoxy) is 1. The smallest absolute Gasteiger partial charge is 0.276 e. The molecule has 1 aliphatic rings. The Morgan fingerprint density at radius 1 is 1.27 bits per heavy atom. The number of aromatic nitrogens is 3. The van der Waals surface area contributed by atoms with E-state index in [0.717, 1.165) is 19.3 Å². The molecule has 0 aliphatic heterocycles. The van der Waals surface area contributed by atoms with Gasteiger partial charge >= 0.3 is 0 Å². The first-order chi connectivity index (χ1) is 12.7. The molecule has 1 N–H and O–H groups in total. The van der Waals surface area contributed by atoms with Gasteiger partial charge in [-0.3, -0.25) is 9.78 Å². The van der Waals surface area contributed by atoms with Gasteiger partial charge in [0.15, 0.2) is 0 Å². The van der Waals surface area contributed by atoms with Crippen LogP contribution >= 0.6 is 0 Å². The molecular weight excluding hydrogens is 330 g/mol. The lowest BCUT2D eigenvalue weighted by Gasteiger charge is -2.26. The normalized spacial score (nSPS) is 17.8. The molecule has 1 aromatic carbocycles. The second kappa shape index (κ2) is 7.35. The molecule has 3 aromatic rings. The van der Waals surface area contributed by atoms with Crippen molar-refractivity contribution in [2.24, 2.45) is 0 Å². The van der Waals surface area contributed by atoms with Crippen LogP contribution in [0.4, 0.5) is 0 Å². The average molecular weight is 351 g/mol. The van der Waals surface area contributed by atoms with E-state index < -0.39 is 6.10 Å². The molecule has 0 saturated carbocycles. The molecule has 26 heavy (non-hydrogen) atoms. The number of aliphatic hydroxyl groups is 1. The van der Waals surface area contributed by atoms with Crippen LogP contribution in [0.25, 0.3) is 10.9 Å². The van der Waals surface area contributed by atoms with Gasteiger partial charge in [0.25, 0.3) is 5.56 Å². The molecule has 0 saturated heterocycles. The minimum absolute atomic E-state index is 0.0000784. The standard InChI is InChI=1S/C20H21N3O3/c24-15(12-23-20(25)17-8-4-10-21-18(17)11-22-23)13-26-19-9-3-6-14-5-1-2-7-16(14)19/h1-2,4-5,7-8,10-11,15,19,24H,3,6,9,12-13H2/t15-,19-/m1/s1.